The summed E-state index contributed by atoms with van der Waals surface area (Å²) in [5.41, 5.74) is 11.8. The third kappa shape index (κ3) is 10.5. The first-order valence-corrected chi connectivity index (χ1v) is 6.14. The molecule has 22 heavy (non-hydrogen) atoms. The van der Waals surface area contributed by atoms with E-state index < -0.39 is 18.2 Å². The molecule has 0 saturated carbocycles. The van der Waals surface area contributed by atoms with Crippen LogP contribution in [-0.2, 0) is 16.0 Å². The van der Waals surface area contributed by atoms with E-state index in [-0.39, 0.29) is 12.6 Å². The van der Waals surface area contributed by atoms with E-state index in [9.17, 15) is 18.0 Å². The summed E-state index contributed by atoms with van der Waals surface area (Å²) in [6, 6.07) is 9.88. The minimum atomic E-state index is -5.08. The summed E-state index contributed by atoms with van der Waals surface area (Å²) in [6.45, 7) is 0.183. The van der Waals surface area contributed by atoms with E-state index in [0.29, 0.717) is 0 Å². The molecule has 0 aliphatic carbocycles. The van der Waals surface area contributed by atoms with Crippen molar-refractivity contribution in [1.82, 2.24) is 0 Å². The molecule has 1 rings (SSSR count). The normalized spacial score (nSPS) is 11.8. The van der Waals surface area contributed by atoms with Gasteiger partial charge in [0.1, 0.15) is 6.61 Å². The number of amides is 1. The summed E-state index contributed by atoms with van der Waals surface area (Å²) in [5.74, 6) is -2.76. The zero-order valence-electron chi connectivity index (χ0n) is 11.5. The number of aryl methyl sites for hydroxylation is 1. The Kier molecular flexibility index (Phi) is 8.61. The Morgan fingerprint density at radius 1 is 1.23 bits per heavy atom. The Hall–Kier alpha value is -2.29. The second-order valence-corrected chi connectivity index (χ2v) is 4.22. The van der Waals surface area contributed by atoms with E-state index >= 15 is 0 Å². The molecule has 0 fully saturated rings. The molecule has 1 amide bonds. The van der Waals surface area contributed by atoms with Crippen molar-refractivity contribution >= 4 is 12.1 Å². The minimum Gasteiger partial charge on any atom is -0.475 e. The molecule has 1 aromatic rings. The van der Waals surface area contributed by atoms with E-state index in [0.717, 1.165) is 12.8 Å². The highest BCUT2D eigenvalue weighted by molar-refractivity contribution is 5.73. The lowest BCUT2D eigenvalue weighted by atomic mass is 10.1. The molecule has 0 heterocycles. The fourth-order valence-electron chi connectivity index (χ4n) is 1.27. The van der Waals surface area contributed by atoms with Gasteiger partial charge in [-0.2, -0.15) is 13.2 Å². The minimum absolute atomic E-state index is 0.155. The first-order chi connectivity index (χ1) is 10.1. The number of nitrogens with two attached hydrogens (primary N) is 2. The molecule has 0 bridgehead atoms. The second kappa shape index (κ2) is 9.61. The summed E-state index contributed by atoms with van der Waals surface area (Å²) in [7, 11) is 0. The molecule has 0 aromatic heterocycles. The van der Waals surface area contributed by atoms with Gasteiger partial charge in [0.15, 0.2) is 0 Å². The highest BCUT2D eigenvalue weighted by Crippen LogP contribution is 2.13. The number of hydrogen-bond acceptors (Lipinski definition) is 4. The van der Waals surface area contributed by atoms with Crippen LogP contribution >= 0.6 is 0 Å². The Labute approximate surface area is 124 Å². The Balaban J connectivity index is 0.000000534. The number of carbonyl (C=O) groups excluding carboxylic acids is 1. The van der Waals surface area contributed by atoms with Crippen LogP contribution < -0.4 is 11.5 Å². The van der Waals surface area contributed by atoms with Gasteiger partial charge in [-0.15, -0.1) is 0 Å². The molecular weight excluding hydrogens is 305 g/mol. The molecule has 6 nitrogen and oxygen atoms in total. The first kappa shape index (κ1) is 19.7. The van der Waals surface area contributed by atoms with Crippen molar-refractivity contribution in [3.63, 3.8) is 0 Å². The summed E-state index contributed by atoms with van der Waals surface area (Å²) in [5, 5.41) is 7.12. The van der Waals surface area contributed by atoms with Crippen LogP contribution in [0.2, 0.25) is 0 Å². The van der Waals surface area contributed by atoms with Crippen LogP contribution in [0.4, 0.5) is 18.0 Å². The van der Waals surface area contributed by atoms with E-state index in [2.05, 4.69) is 4.74 Å². The molecule has 1 atom stereocenters. The number of rotatable bonds is 5. The van der Waals surface area contributed by atoms with E-state index in [1.165, 1.54) is 5.56 Å². The average molecular weight is 322 g/mol. The number of halogens is 3. The van der Waals surface area contributed by atoms with Gasteiger partial charge >= 0.3 is 18.2 Å². The van der Waals surface area contributed by atoms with Crippen molar-refractivity contribution < 1.29 is 32.6 Å². The van der Waals surface area contributed by atoms with Gasteiger partial charge in [0.2, 0.25) is 0 Å². The summed E-state index contributed by atoms with van der Waals surface area (Å²) < 4.78 is 36.3. The van der Waals surface area contributed by atoms with Gasteiger partial charge in [0.25, 0.3) is 0 Å². The van der Waals surface area contributed by atoms with Gasteiger partial charge in [-0.25, -0.2) is 9.59 Å². The van der Waals surface area contributed by atoms with Gasteiger partial charge in [-0.05, 0) is 18.4 Å². The van der Waals surface area contributed by atoms with E-state index in [1.54, 1.807) is 0 Å². The fourth-order valence-corrected chi connectivity index (χ4v) is 1.27. The molecule has 5 N–H and O–H groups in total. The van der Waals surface area contributed by atoms with Crippen LogP contribution in [0, 0.1) is 0 Å². The SMILES string of the molecule is NC(=O)OCC(N)CCc1ccccc1.O=C(O)C(F)(F)F. The summed E-state index contributed by atoms with van der Waals surface area (Å²) >= 11 is 0. The topological polar surface area (TPSA) is 116 Å². The number of benzene rings is 1. The maximum Gasteiger partial charge on any atom is 0.490 e. The van der Waals surface area contributed by atoms with Crippen LogP contribution in [0.5, 0.6) is 0 Å². The molecule has 1 unspecified atom stereocenters. The molecule has 0 aliphatic heterocycles. The molecule has 0 saturated heterocycles. The zero-order chi connectivity index (χ0) is 17.2. The zero-order valence-corrected chi connectivity index (χ0v) is 11.5. The predicted molar refractivity (Wildman–Crippen MR) is 72.0 cm³/mol. The monoisotopic (exact) mass is 322 g/mol. The summed E-state index contributed by atoms with van der Waals surface area (Å²) in [4.78, 5) is 19.2. The van der Waals surface area contributed by atoms with Crippen LogP contribution in [0.25, 0.3) is 0 Å². The first-order valence-electron chi connectivity index (χ1n) is 6.14. The third-order valence-corrected chi connectivity index (χ3v) is 2.33. The highest BCUT2D eigenvalue weighted by atomic mass is 19.4. The van der Waals surface area contributed by atoms with Gasteiger partial charge in [0, 0.05) is 6.04 Å². The summed E-state index contributed by atoms with van der Waals surface area (Å²) in [6.07, 6.45) is -4.20. The number of ether oxygens (including phenoxy) is 1. The molecular formula is C13H17F3N2O4. The van der Waals surface area contributed by atoms with Gasteiger partial charge in [0.05, 0.1) is 0 Å². The fraction of sp³-hybridized carbons (Fsp3) is 0.385. The van der Waals surface area contributed by atoms with Gasteiger partial charge < -0.3 is 21.3 Å². The quantitative estimate of drug-likeness (QED) is 0.762. The van der Waals surface area contributed by atoms with Gasteiger partial charge in [-0.1, -0.05) is 30.3 Å². The predicted octanol–water partition coefficient (Wildman–Crippen LogP) is 1.68. The Morgan fingerprint density at radius 3 is 2.14 bits per heavy atom. The highest BCUT2D eigenvalue weighted by Gasteiger charge is 2.38. The lowest BCUT2D eigenvalue weighted by Gasteiger charge is -2.10. The van der Waals surface area contributed by atoms with Crippen LogP contribution in [0.1, 0.15) is 12.0 Å². The Bertz CT molecular complexity index is 466. The standard InChI is InChI=1S/C11H16N2O2.C2HF3O2/c12-10(8-15-11(13)14)7-6-9-4-2-1-3-5-9;3-2(4,5)1(6)7/h1-5,10H,6-8,12H2,(H2,13,14);(H,6,7). The smallest absolute Gasteiger partial charge is 0.475 e. The second-order valence-electron chi connectivity index (χ2n) is 4.22. The van der Waals surface area contributed by atoms with Gasteiger partial charge in [-0.3, -0.25) is 0 Å². The largest absolute Gasteiger partial charge is 0.490 e. The number of carboxylic acid groups (broad SMARTS) is 1. The van der Waals surface area contributed by atoms with Crippen molar-refractivity contribution in [2.45, 2.75) is 25.1 Å². The number of carboxylic acids is 1. The van der Waals surface area contributed by atoms with E-state index in [1.807, 2.05) is 30.3 Å². The number of hydrogen-bond donors (Lipinski definition) is 3. The van der Waals surface area contributed by atoms with Crippen LogP contribution in [-0.4, -0.2) is 36.0 Å². The number of aliphatic carboxylic acids is 1. The average Bonchev–Trinajstić information content (AvgIpc) is 2.43. The third-order valence-electron chi connectivity index (χ3n) is 2.33. The maximum atomic E-state index is 10.6. The molecule has 0 radical (unpaired) electrons. The van der Waals surface area contributed by atoms with Crippen molar-refractivity contribution in [3.05, 3.63) is 35.9 Å². The molecule has 9 heteroatoms. The maximum absolute atomic E-state index is 10.6. The van der Waals surface area contributed by atoms with Crippen molar-refractivity contribution in [2.24, 2.45) is 11.5 Å². The van der Waals surface area contributed by atoms with E-state index in [4.69, 9.17) is 21.4 Å². The molecule has 0 spiro atoms. The van der Waals surface area contributed by atoms with Crippen molar-refractivity contribution in [2.75, 3.05) is 6.61 Å². The van der Waals surface area contributed by atoms with Crippen molar-refractivity contribution in [1.29, 1.82) is 0 Å². The van der Waals surface area contributed by atoms with Crippen LogP contribution in [0.3, 0.4) is 0 Å². The molecule has 0 aliphatic rings. The Morgan fingerprint density at radius 2 is 1.73 bits per heavy atom. The lowest BCUT2D eigenvalue weighted by molar-refractivity contribution is -0.192. The number of alkyl halides is 3. The number of carbonyl (C=O) groups is 2. The van der Waals surface area contributed by atoms with Crippen LogP contribution in [0.15, 0.2) is 30.3 Å². The van der Waals surface area contributed by atoms with Crippen molar-refractivity contribution in [3.8, 4) is 0 Å². The number of primary amides is 1. The molecule has 124 valence electrons. The lowest BCUT2D eigenvalue weighted by Crippen LogP contribution is -2.29. The molecule has 1 aromatic carbocycles.